The fraction of sp³-hybridized carbons (Fsp3) is 1.00. The first-order chi connectivity index (χ1) is 5.93. The molecule has 0 spiro atoms. The van der Waals surface area contributed by atoms with Crippen molar-refractivity contribution in [2.24, 2.45) is 5.92 Å². The molecule has 14 heavy (non-hydrogen) atoms. The van der Waals surface area contributed by atoms with Gasteiger partial charge in [0.1, 0.15) is 0 Å². The van der Waals surface area contributed by atoms with Crippen molar-refractivity contribution in [3.05, 3.63) is 0 Å². The highest BCUT2D eigenvalue weighted by Gasteiger charge is 2.63. The third kappa shape index (κ3) is 3.45. The number of thiol groups is 1. The van der Waals surface area contributed by atoms with Crippen LogP contribution in [0.2, 0.25) is 0 Å². The van der Waals surface area contributed by atoms with Crippen molar-refractivity contribution in [1.82, 2.24) is 0 Å². The van der Waals surface area contributed by atoms with Gasteiger partial charge in [0.05, 0.1) is 0 Å². The zero-order chi connectivity index (χ0) is 11.8. The maximum Gasteiger partial charge on any atom is 0.401 e. The molecule has 0 aromatic heterocycles. The molecule has 0 aliphatic rings. The standard InChI is InChI=1S/C6H8F6S2/c1-4(2,14-13)3(5(7,8)9)6(10,11)12/h3,13H,1-2H3. The molecule has 0 fully saturated rings. The first-order valence-corrected chi connectivity index (χ1v) is 5.26. The van der Waals surface area contributed by atoms with E-state index in [0.29, 0.717) is 0 Å². The van der Waals surface area contributed by atoms with Gasteiger partial charge in [-0.2, -0.15) is 26.3 Å². The van der Waals surface area contributed by atoms with E-state index in [-0.39, 0.29) is 10.8 Å². The van der Waals surface area contributed by atoms with Crippen LogP contribution in [0.15, 0.2) is 0 Å². The Bertz CT molecular complexity index is 179. The quantitative estimate of drug-likeness (QED) is 0.442. The molecule has 0 saturated carbocycles. The van der Waals surface area contributed by atoms with Gasteiger partial charge in [-0.25, -0.2) is 0 Å². The Kier molecular flexibility index (Phi) is 4.11. The predicted octanol–water partition coefficient (Wildman–Crippen LogP) is 4.08. The van der Waals surface area contributed by atoms with E-state index in [0.717, 1.165) is 13.8 Å². The van der Waals surface area contributed by atoms with E-state index in [1.807, 2.05) is 0 Å². The van der Waals surface area contributed by atoms with Crippen LogP contribution in [-0.4, -0.2) is 17.1 Å². The van der Waals surface area contributed by atoms with Crippen LogP contribution in [0.4, 0.5) is 26.3 Å². The van der Waals surface area contributed by atoms with Gasteiger partial charge >= 0.3 is 12.4 Å². The Morgan fingerprint density at radius 3 is 1.29 bits per heavy atom. The maximum absolute atomic E-state index is 12.1. The van der Waals surface area contributed by atoms with Crippen molar-refractivity contribution >= 4 is 22.5 Å². The summed E-state index contributed by atoms with van der Waals surface area (Å²) in [6, 6.07) is 0. The molecule has 0 nitrogen and oxygen atoms in total. The summed E-state index contributed by atoms with van der Waals surface area (Å²) in [5.41, 5.74) is 0. The van der Waals surface area contributed by atoms with Crippen LogP contribution in [0.5, 0.6) is 0 Å². The molecule has 0 amide bonds. The second-order valence-electron chi connectivity index (χ2n) is 3.21. The molecule has 0 heterocycles. The summed E-state index contributed by atoms with van der Waals surface area (Å²) in [4.78, 5) is 0. The minimum Gasteiger partial charge on any atom is -0.170 e. The van der Waals surface area contributed by atoms with Crippen LogP contribution < -0.4 is 0 Å². The number of rotatable bonds is 2. The molecule has 0 bridgehead atoms. The number of hydrogen-bond acceptors (Lipinski definition) is 2. The Morgan fingerprint density at radius 2 is 1.21 bits per heavy atom. The normalized spacial score (nSPS) is 15.0. The highest BCUT2D eigenvalue weighted by molar-refractivity contribution is 8.69. The zero-order valence-electron chi connectivity index (χ0n) is 7.20. The van der Waals surface area contributed by atoms with Crippen LogP contribution in [0.3, 0.4) is 0 Å². The highest BCUT2D eigenvalue weighted by atomic mass is 33.1. The fourth-order valence-electron chi connectivity index (χ4n) is 1.03. The van der Waals surface area contributed by atoms with E-state index in [9.17, 15) is 26.3 Å². The van der Waals surface area contributed by atoms with E-state index in [4.69, 9.17) is 0 Å². The van der Waals surface area contributed by atoms with Crippen LogP contribution in [0.1, 0.15) is 13.8 Å². The monoisotopic (exact) mass is 258 g/mol. The lowest BCUT2D eigenvalue weighted by Crippen LogP contribution is -2.48. The molecule has 0 aromatic rings. The minimum atomic E-state index is -5.31. The molecular weight excluding hydrogens is 250 g/mol. The lowest BCUT2D eigenvalue weighted by Gasteiger charge is -2.34. The SMILES string of the molecule is CC(C)(SS)C(C(F)(F)F)C(F)(F)F. The molecule has 0 aliphatic carbocycles. The second-order valence-corrected chi connectivity index (χ2v) is 4.99. The smallest absolute Gasteiger partial charge is 0.170 e. The van der Waals surface area contributed by atoms with E-state index < -0.39 is 23.0 Å². The van der Waals surface area contributed by atoms with Gasteiger partial charge in [-0.1, -0.05) is 10.8 Å². The summed E-state index contributed by atoms with van der Waals surface area (Å²) in [7, 11) is 0.243. The largest absolute Gasteiger partial charge is 0.401 e. The minimum absolute atomic E-state index is 0.243. The lowest BCUT2D eigenvalue weighted by molar-refractivity contribution is -0.290. The summed E-state index contributed by atoms with van der Waals surface area (Å²) in [5, 5.41) is 0. The average molecular weight is 258 g/mol. The highest BCUT2D eigenvalue weighted by Crippen LogP contribution is 2.51. The Hall–Kier alpha value is 0.280. The molecule has 0 N–H and O–H groups in total. The van der Waals surface area contributed by atoms with Gasteiger partial charge in [0.25, 0.3) is 0 Å². The molecule has 0 aliphatic heterocycles. The third-order valence-corrected chi connectivity index (χ3v) is 3.70. The topological polar surface area (TPSA) is 0 Å². The van der Waals surface area contributed by atoms with Crippen LogP contribution in [0, 0.1) is 5.92 Å². The Balaban J connectivity index is 5.14. The molecule has 0 radical (unpaired) electrons. The van der Waals surface area contributed by atoms with E-state index >= 15 is 0 Å². The maximum atomic E-state index is 12.1. The Labute approximate surface area is 86.2 Å². The summed E-state index contributed by atoms with van der Waals surface area (Å²) in [5.74, 6) is -3.37. The number of hydrogen-bond donors (Lipinski definition) is 1. The lowest BCUT2D eigenvalue weighted by atomic mass is 9.93. The number of alkyl halides is 6. The molecule has 0 unspecified atom stereocenters. The average Bonchev–Trinajstić information content (AvgIpc) is 1.79. The van der Waals surface area contributed by atoms with Gasteiger partial charge in [0, 0.05) is 4.75 Å². The first-order valence-electron chi connectivity index (χ1n) is 3.39. The zero-order valence-corrected chi connectivity index (χ0v) is 8.91. The van der Waals surface area contributed by atoms with Crippen molar-refractivity contribution < 1.29 is 26.3 Å². The number of halogens is 6. The van der Waals surface area contributed by atoms with Crippen molar-refractivity contribution in [3.8, 4) is 0 Å². The first kappa shape index (κ1) is 14.3. The third-order valence-electron chi connectivity index (χ3n) is 1.59. The molecule has 0 atom stereocenters. The van der Waals surface area contributed by atoms with Crippen molar-refractivity contribution in [2.45, 2.75) is 30.9 Å². The van der Waals surface area contributed by atoms with Gasteiger partial charge in [-0.05, 0) is 13.8 Å². The van der Waals surface area contributed by atoms with Gasteiger partial charge < -0.3 is 0 Å². The fourth-order valence-corrected chi connectivity index (χ4v) is 1.72. The van der Waals surface area contributed by atoms with Crippen molar-refractivity contribution in [2.75, 3.05) is 0 Å². The summed E-state index contributed by atoms with van der Waals surface area (Å²) in [6.45, 7) is 1.71. The summed E-state index contributed by atoms with van der Waals surface area (Å²) < 4.78 is 70.7. The van der Waals surface area contributed by atoms with Gasteiger partial charge in [-0.3, -0.25) is 0 Å². The van der Waals surface area contributed by atoms with Gasteiger partial charge in [0.15, 0.2) is 5.92 Å². The van der Waals surface area contributed by atoms with Crippen LogP contribution in [-0.2, 0) is 0 Å². The molecular formula is C6H8F6S2. The van der Waals surface area contributed by atoms with Crippen LogP contribution in [0.25, 0.3) is 0 Å². The van der Waals surface area contributed by atoms with Gasteiger partial charge in [0.2, 0.25) is 0 Å². The van der Waals surface area contributed by atoms with Gasteiger partial charge in [-0.15, -0.1) is 11.7 Å². The molecule has 0 aromatic carbocycles. The van der Waals surface area contributed by atoms with E-state index in [1.165, 1.54) is 0 Å². The van der Waals surface area contributed by atoms with Crippen molar-refractivity contribution in [3.63, 3.8) is 0 Å². The summed E-state index contributed by atoms with van der Waals surface area (Å²) in [6.07, 6.45) is -10.6. The molecule has 86 valence electrons. The molecule has 0 saturated heterocycles. The van der Waals surface area contributed by atoms with E-state index in [2.05, 4.69) is 11.7 Å². The Morgan fingerprint density at radius 1 is 0.929 bits per heavy atom. The second kappa shape index (κ2) is 4.03. The molecule has 8 heteroatoms. The predicted molar refractivity (Wildman–Crippen MR) is 46.3 cm³/mol. The molecule has 0 rings (SSSR count). The van der Waals surface area contributed by atoms with E-state index in [1.54, 1.807) is 0 Å². The summed E-state index contributed by atoms with van der Waals surface area (Å²) >= 11 is 3.42. The van der Waals surface area contributed by atoms with Crippen molar-refractivity contribution in [1.29, 1.82) is 0 Å². The van der Waals surface area contributed by atoms with Crippen LogP contribution >= 0.6 is 22.5 Å².